The standard InChI is InChI=1S/2C10H15.2ClH.Zr/c2*1-4-9-6-8(3)7-10(9)5-2;;;/h2*6-7H,4-5H2,1-3H3;2*1H;/q2*-1;;;+4/p-2. The fraction of sp³-hybridized carbons (Fsp3) is 0.500. The Morgan fingerprint density at radius 1 is 0.696 bits per heavy atom. The molecule has 0 fully saturated rings. The Balaban J connectivity index is -0.000000308. The van der Waals surface area contributed by atoms with E-state index in [1.807, 2.05) is 0 Å². The average molecular weight is 433 g/mol. The molecule has 2 aromatic rings. The van der Waals surface area contributed by atoms with Crippen molar-refractivity contribution in [2.45, 2.75) is 67.2 Å². The van der Waals surface area contributed by atoms with Gasteiger partial charge in [-0.15, -0.1) is 0 Å². The van der Waals surface area contributed by atoms with Gasteiger partial charge in [-0.2, -0.15) is 34.4 Å². The van der Waals surface area contributed by atoms with Gasteiger partial charge in [-0.3, -0.25) is 0 Å². The van der Waals surface area contributed by atoms with Gasteiger partial charge in [-0.05, 0) is 0 Å². The Morgan fingerprint density at radius 3 is 1.17 bits per heavy atom. The number of halogens is 2. The van der Waals surface area contributed by atoms with Crippen LogP contribution in [0.2, 0.25) is 0 Å². The molecule has 128 valence electrons. The van der Waals surface area contributed by atoms with Crippen molar-refractivity contribution in [3.8, 4) is 0 Å². The molecular formula is C20H30Cl2Zr. The van der Waals surface area contributed by atoms with Crippen LogP contribution in [0.4, 0.5) is 0 Å². The van der Waals surface area contributed by atoms with Crippen LogP contribution < -0.4 is 24.8 Å². The molecule has 0 aliphatic heterocycles. The minimum absolute atomic E-state index is 0. The summed E-state index contributed by atoms with van der Waals surface area (Å²) in [7, 11) is 0. The Bertz CT molecular complexity index is 432. The van der Waals surface area contributed by atoms with E-state index in [1.165, 1.54) is 59.1 Å². The van der Waals surface area contributed by atoms with Gasteiger partial charge in [0.15, 0.2) is 0 Å². The third kappa shape index (κ3) is 8.71. The zero-order chi connectivity index (χ0) is 15.1. The van der Waals surface area contributed by atoms with Crippen LogP contribution in [0, 0.1) is 13.8 Å². The molecule has 0 nitrogen and oxygen atoms in total. The maximum absolute atomic E-state index is 2.29. The largest absolute Gasteiger partial charge is 4.00 e. The Hall–Kier alpha value is 0.163. The first-order valence-corrected chi connectivity index (χ1v) is 8.05. The van der Waals surface area contributed by atoms with Crippen LogP contribution in [0.25, 0.3) is 0 Å². The molecule has 0 heterocycles. The molecule has 0 aliphatic rings. The van der Waals surface area contributed by atoms with Crippen molar-refractivity contribution >= 4 is 0 Å². The molecule has 0 unspecified atom stereocenters. The molecular weight excluding hydrogens is 402 g/mol. The van der Waals surface area contributed by atoms with Gasteiger partial charge in [0.25, 0.3) is 0 Å². The van der Waals surface area contributed by atoms with Crippen LogP contribution in [-0.2, 0) is 51.9 Å². The SMILES string of the molecule is CCc1cc(C)c[c-]1CC.CCc1cc(C)c[c-]1CC.[Cl-].[Cl-].[Zr+4]. The zero-order valence-electron chi connectivity index (χ0n) is 15.4. The fourth-order valence-electron chi connectivity index (χ4n) is 2.87. The molecule has 0 saturated carbocycles. The summed E-state index contributed by atoms with van der Waals surface area (Å²) >= 11 is 0. The van der Waals surface area contributed by atoms with Crippen molar-refractivity contribution in [2.24, 2.45) is 0 Å². The first-order valence-electron chi connectivity index (χ1n) is 8.05. The molecule has 2 rings (SSSR count). The molecule has 0 N–H and O–H groups in total. The average Bonchev–Trinajstić information content (AvgIpc) is 3.00. The summed E-state index contributed by atoms with van der Waals surface area (Å²) in [4.78, 5) is 0. The topological polar surface area (TPSA) is 0 Å². The summed E-state index contributed by atoms with van der Waals surface area (Å²) in [6, 6.07) is 9.16. The molecule has 0 amide bonds. The molecule has 2 aromatic carbocycles. The molecule has 0 aliphatic carbocycles. The van der Waals surface area contributed by atoms with Crippen LogP contribution >= 0.6 is 0 Å². The second kappa shape index (κ2) is 14.5. The van der Waals surface area contributed by atoms with Crippen molar-refractivity contribution < 1.29 is 51.0 Å². The smallest absolute Gasteiger partial charge is 1.00 e. The van der Waals surface area contributed by atoms with Gasteiger partial charge in [0.2, 0.25) is 0 Å². The van der Waals surface area contributed by atoms with Crippen molar-refractivity contribution in [1.29, 1.82) is 0 Å². The zero-order valence-corrected chi connectivity index (χ0v) is 19.4. The Morgan fingerprint density at radius 2 is 1.00 bits per heavy atom. The molecule has 0 atom stereocenters. The van der Waals surface area contributed by atoms with Crippen molar-refractivity contribution in [2.75, 3.05) is 0 Å². The van der Waals surface area contributed by atoms with Gasteiger partial charge in [0.1, 0.15) is 0 Å². The first-order chi connectivity index (χ1) is 9.55. The van der Waals surface area contributed by atoms with Crippen molar-refractivity contribution in [3.63, 3.8) is 0 Å². The summed E-state index contributed by atoms with van der Waals surface area (Å²) in [5, 5.41) is 0. The summed E-state index contributed by atoms with van der Waals surface area (Å²) in [5.74, 6) is 0. The summed E-state index contributed by atoms with van der Waals surface area (Å²) in [6.07, 6.45) is 4.71. The Labute approximate surface area is 175 Å². The van der Waals surface area contributed by atoms with Gasteiger partial charge in [0, 0.05) is 0 Å². The molecule has 0 bridgehead atoms. The van der Waals surface area contributed by atoms with Gasteiger partial charge in [-0.25, -0.2) is 23.3 Å². The van der Waals surface area contributed by atoms with Gasteiger partial charge < -0.3 is 24.8 Å². The van der Waals surface area contributed by atoms with E-state index in [4.69, 9.17) is 0 Å². The molecule has 23 heavy (non-hydrogen) atoms. The number of rotatable bonds is 4. The maximum Gasteiger partial charge on any atom is 4.00 e. The van der Waals surface area contributed by atoms with E-state index in [1.54, 1.807) is 0 Å². The molecule has 0 aromatic heterocycles. The van der Waals surface area contributed by atoms with Crippen molar-refractivity contribution in [3.05, 3.63) is 57.6 Å². The summed E-state index contributed by atoms with van der Waals surface area (Å²) in [6.45, 7) is 13.2. The van der Waals surface area contributed by atoms with E-state index >= 15 is 0 Å². The number of hydrogen-bond donors (Lipinski definition) is 0. The van der Waals surface area contributed by atoms with Crippen LogP contribution in [-0.4, -0.2) is 0 Å². The third-order valence-electron chi connectivity index (χ3n) is 3.96. The van der Waals surface area contributed by atoms with E-state index < -0.39 is 0 Å². The molecule has 0 radical (unpaired) electrons. The van der Waals surface area contributed by atoms with Gasteiger partial charge >= 0.3 is 26.2 Å². The minimum Gasteiger partial charge on any atom is -1.00 e. The second-order valence-corrected chi connectivity index (χ2v) is 5.58. The van der Waals surface area contributed by atoms with Crippen molar-refractivity contribution in [1.82, 2.24) is 0 Å². The molecule has 0 spiro atoms. The summed E-state index contributed by atoms with van der Waals surface area (Å²) in [5.41, 5.74) is 8.93. The number of aryl methyl sites for hydroxylation is 6. The van der Waals surface area contributed by atoms with E-state index in [0.717, 1.165) is 0 Å². The minimum atomic E-state index is 0. The predicted molar refractivity (Wildman–Crippen MR) is 91.1 cm³/mol. The van der Waals surface area contributed by atoms with E-state index in [0.29, 0.717) is 0 Å². The van der Waals surface area contributed by atoms with E-state index in [2.05, 4.69) is 65.8 Å². The van der Waals surface area contributed by atoms with Crippen LogP contribution in [0.3, 0.4) is 0 Å². The fourth-order valence-corrected chi connectivity index (χ4v) is 2.87. The normalized spacial score (nSPS) is 8.96. The Kier molecular flexibility index (Phi) is 17.6. The monoisotopic (exact) mass is 430 g/mol. The van der Waals surface area contributed by atoms with Crippen LogP contribution in [0.5, 0.6) is 0 Å². The molecule has 0 saturated heterocycles. The number of hydrogen-bond acceptors (Lipinski definition) is 0. The van der Waals surface area contributed by atoms with E-state index in [9.17, 15) is 0 Å². The van der Waals surface area contributed by atoms with E-state index in [-0.39, 0.29) is 51.0 Å². The summed E-state index contributed by atoms with van der Waals surface area (Å²) < 4.78 is 0. The van der Waals surface area contributed by atoms with Gasteiger partial charge in [-0.1, -0.05) is 67.2 Å². The first kappa shape index (κ1) is 28.0. The quantitative estimate of drug-likeness (QED) is 0.582. The van der Waals surface area contributed by atoms with Crippen LogP contribution in [0.15, 0.2) is 24.3 Å². The maximum atomic E-state index is 2.29. The third-order valence-corrected chi connectivity index (χ3v) is 3.96. The predicted octanol–water partition coefficient (Wildman–Crippen LogP) is -0.317. The van der Waals surface area contributed by atoms with Crippen LogP contribution in [0.1, 0.15) is 61.1 Å². The molecule has 3 heteroatoms. The second-order valence-electron chi connectivity index (χ2n) is 5.58. The van der Waals surface area contributed by atoms with Gasteiger partial charge in [0.05, 0.1) is 0 Å².